The van der Waals surface area contributed by atoms with Gasteiger partial charge in [-0.1, -0.05) is 33.1 Å². The van der Waals surface area contributed by atoms with Crippen LogP contribution in [0.3, 0.4) is 0 Å². The molecule has 0 aromatic carbocycles. The first-order valence-electron chi connectivity index (χ1n) is 8.93. The van der Waals surface area contributed by atoms with E-state index >= 15 is 0 Å². The van der Waals surface area contributed by atoms with E-state index in [0.717, 1.165) is 5.92 Å². The number of hydrogen-bond donors (Lipinski definition) is 1. The van der Waals surface area contributed by atoms with Crippen molar-refractivity contribution >= 4 is 11.3 Å². The summed E-state index contributed by atoms with van der Waals surface area (Å²) in [6.07, 6.45) is 12.5. The molecule has 2 rings (SSSR count). The molecule has 1 heterocycles. The molecule has 1 nitrogen and oxygen atoms in total. The smallest absolute Gasteiger partial charge is 0.00541 e. The van der Waals surface area contributed by atoms with Crippen LogP contribution in [-0.4, -0.2) is 13.6 Å². The van der Waals surface area contributed by atoms with Crippen molar-refractivity contribution in [3.05, 3.63) is 21.9 Å². The van der Waals surface area contributed by atoms with Gasteiger partial charge in [0.1, 0.15) is 0 Å². The first kappa shape index (κ1) is 17.0. The van der Waals surface area contributed by atoms with Crippen LogP contribution in [0.1, 0.15) is 68.5 Å². The molecule has 0 aliphatic heterocycles. The monoisotopic (exact) mass is 307 g/mol. The molecule has 1 aliphatic rings. The highest BCUT2D eigenvalue weighted by atomic mass is 32.1. The number of unbranched alkanes of at least 4 members (excludes halogenated alkanes) is 1. The summed E-state index contributed by atoms with van der Waals surface area (Å²) in [7, 11) is 2.12. The number of nitrogens with one attached hydrogen (secondary N) is 1. The van der Waals surface area contributed by atoms with Gasteiger partial charge in [-0.25, -0.2) is 0 Å². The van der Waals surface area contributed by atoms with E-state index in [2.05, 4.69) is 38.3 Å². The quantitative estimate of drug-likeness (QED) is 0.674. The lowest BCUT2D eigenvalue weighted by Gasteiger charge is -2.40. The Morgan fingerprint density at radius 3 is 2.48 bits per heavy atom. The maximum absolute atomic E-state index is 3.48. The predicted octanol–water partition coefficient (Wildman–Crippen LogP) is 5.44. The summed E-state index contributed by atoms with van der Waals surface area (Å²) in [5, 5.41) is 3.48. The van der Waals surface area contributed by atoms with Gasteiger partial charge in [0, 0.05) is 16.3 Å². The first-order chi connectivity index (χ1) is 10.2. The molecule has 21 heavy (non-hydrogen) atoms. The van der Waals surface area contributed by atoms with Gasteiger partial charge in [-0.2, -0.15) is 0 Å². The third-order valence-corrected chi connectivity index (χ3v) is 6.53. The molecule has 1 N–H and O–H groups in total. The predicted molar refractivity (Wildman–Crippen MR) is 95.2 cm³/mol. The Kier molecular flexibility index (Phi) is 6.75. The molecule has 0 radical (unpaired) electrons. The van der Waals surface area contributed by atoms with Crippen molar-refractivity contribution in [2.24, 2.45) is 11.3 Å². The molecule has 1 saturated carbocycles. The zero-order valence-corrected chi connectivity index (χ0v) is 15.0. The lowest BCUT2D eigenvalue weighted by Crippen LogP contribution is -2.38. The fourth-order valence-electron chi connectivity index (χ4n) is 3.94. The van der Waals surface area contributed by atoms with E-state index in [1.807, 2.05) is 11.3 Å². The van der Waals surface area contributed by atoms with E-state index < -0.39 is 0 Å². The average molecular weight is 308 g/mol. The molecule has 0 saturated heterocycles. The maximum atomic E-state index is 3.48. The van der Waals surface area contributed by atoms with Crippen molar-refractivity contribution in [1.29, 1.82) is 0 Å². The van der Waals surface area contributed by atoms with Crippen LogP contribution >= 0.6 is 11.3 Å². The molecule has 0 spiro atoms. The van der Waals surface area contributed by atoms with Gasteiger partial charge in [0.05, 0.1) is 0 Å². The minimum atomic E-state index is 0.521. The van der Waals surface area contributed by atoms with Crippen LogP contribution in [0.5, 0.6) is 0 Å². The maximum Gasteiger partial charge on any atom is 0.00541 e. The Balaban J connectivity index is 1.94. The number of rotatable bonds is 8. The summed E-state index contributed by atoms with van der Waals surface area (Å²) >= 11 is 2.04. The van der Waals surface area contributed by atoms with Crippen LogP contribution in [-0.2, 0) is 12.8 Å². The highest BCUT2D eigenvalue weighted by Gasteiger charge is 2.35. The summed E-state index contributed by atoms with van der Waals surface area (Å²) in [5.41, 5.74) is 0.521. The summed E-state index contributed by atoms with van der Waals surface area (Å²) in [6, 6.07) is 4.71. The van der Waals surface area contributed by atoms with Gasteiger partial charge >= 0.3 is 0 Å². The first-order valence-corrected chi connectivity index (χ1v) is 9.75. The molecule has 1 fully saturated rings. The van der Waals surface area contributed by atoms with Gasteiger partial charge < -0.3 is 5.32 Å². The minimum Gasteiger partial charge on any atom is -0.319 e. The van der Waals surface area contributed by atoms with Crippen molar-refractivity contribution in [2.45, 2.75) is 71.6 Å². The van der Waals surface area contributed by atoms with Crippen molar-refractivity contribution < 1.29 is 0 Å². The van der Waals surface area contributed by atoms with E-state index in [9.17, 15) is 0 Å². The highest BCUT2D eigenvalue weighted by molar-refractivity contribution is 7.11. The third-order valence-electron chi connectivity index (χ3n) is 5.30. The molecule has 1 aromatic rings. The van der Waals surface area contributed by atoms with Crippen molar-refractivity contribution in [3.8, 4) is 0 Å². The number of thiophene rings is 1. The van der Waals surface area contributed by atoms with Gasteiger partial charge in [-0.3, -0.25) is 0 Å². The van der Waals surface area contributed by atoms with Gasteiger partial charge in [0.15, 0.2) is 0 Å². The van der Waals surface area contributed by atoms with E-state index in [4.69, 9.17) is 0 Å². The molecule has 120 valence electrons. The molecule has 2 heteroatoms. The standard InChI is InChI=1S/C19H33NS/c1-4-6-7-16-10-12-19(13-11-16,15-20-3)14-18-9-8-17(5-2)21-18/h8-9,16,20H,4-7,10-15H2,1-3H3. The van der Waals surface area contributed by atoms with Crippen LogP contribution in [0.15, 0.2) is 12.1 Å². The van der Waals surface area contributed by atoms with E-state index in [0.29, 0.717) is 5.41 Å². The summed E-state index contributed by atoms with van der Waals surface area (Å²) in [5.74, 6) is 1.00. The molecule has 0 bridgehead atoms. The molecular weight excluding hydrogens is 274 g/mol. The summed E-state index contributed by atoms with van der Waals surface area (Å²) < 4.78 is 0. The van der Waals surface area contributed by atoms with Gasteiger partial charge in [0.2, 0.25) is 0 Å². The Bertz CT molecular complexity index is 401. The van der Waals surface area contributed by atoms with Crippen molar-refractivity contribution in [2.75, 3.05) is 13.6 Å². The van der Waals surface area contributed by atoms with Gasteiger partial charge in [-0.15, -0.1) is 11.3 Å². The van der Waals surface area contributed by atoms with Crippen LogP contribution in [0, 0.1) is 11.3 Å². The molecule has 0 atom stereocenters. The second-order valence-electron chi connectivity index (χ2n) is 7.01. The fourth-order valence-corrected chi connectivity index (χ4v) is 5.07. The fraction of sp³-hybridized carbons (Fsp3) is 0.789. The Hall–Kier alpha value is -0.340. The zero-order chi connectivity index (χ0) is 15.1. The van der Waals surface area contributed by atoms with Crippen LogP contribution < -0.4 is 5.32 Å². The minimum absolute atomic E-state index is 0.521. The van der Waals surface area contributed by atoms with E-state index in [-0.39, 0.29) is 0 Å². The lowest BCUT2D eigenvalue weighted by molar-refractivity contribution is 0.142. The number of hydrogen-bond acceptors (Lipinski definition) is 2. The van der Waals surface area contributed by atoms with Gasteiger partial charge in [0.25, 0.3) is 0 Å². The third kappa shape index (κ3) is 4.82. The topological polar surface area (TPSA) is 12.0 Å². The summed E-state index contributed by atoms with van der Waals surface area (Å²) in [6.45, 7) is 5.76. The average Bonchev–Trinajstić information content (AvgIpc) is 2.94. The molecule has 1 aromatic heterocycles. The van der Waals surface area contributed by atoms with E-state index in [1.54, 1.807) is 9.75 Å². The van der Waals surface area contributed by atoms with Crippen LogP contribution in [0.4, 0.5) is 0 Å². The Morgan fingerprint density at radius 2 is 1.90 bits per heavy atom. The second-order valence-corrected chi connectivity index (χ2v) is 8.27. The van der Waals surface area contributed by atoms with Crippen LogP contribution in [0.2, 0.25) is 0 Å². The molecule has 1 aliphatic carbocycles. The highest BCUT2D eigenvalue weighted by Crippen LogP contribution is 2.43. The summed E-state index contributed by atoms with van der Waals surface area (Å²) in [4.78, 5) is 3.15. The van der Waals surface area contributed by atoms with E-state index in [1.165, 1.54) is 64.3 Å². The normalized spacial score (nSPS) is 26.1. The Morgan fingerprint density at radius 1 is 1.19 bits per heavy atom. The largest absolute Gasteiger partial charge is 0.319 e. The lowest BCUT2D eigenvalue weighted by atomic mass is 9.67. The SMILES string of the molecule is CCCCC1CCC(CNC)(Cc2ccc(CC)s2)CC1. The number of aryl methyl sites for hydroxylation is 1. The molecule has 0 amide bonds. The molecule has 0 unspecified atom stereocenters. The zero-order valence-electron chi connectivity index (χ0n) is 14.2. The van der Waals surface area contributed by atoms with Crippen molar-refractivity contribution in [3.63, 3.8) is 0 Å². The van der Waals surface area contributed by atoms with Gasteiger partial charge in [-0.05, 0) is 69.0 Å². The Labute approximate surface area is 135 Å². The second kappa shape index (κ2) is 8.33. The molecular formula is C19H33NS. The van der Waals surface area contributed by atoms with Crippen molar-refractivity contribution in [1.82, 2.24) is 5.32 Å². The van der Waals surface area contributed by atoms with Crippen LogP contribution in [0.25, 0.3) is 0 Å².